The standard InChI is InChI=1S/C10H20O2.C8H16O2/c1-10(2,3)8-6-4-5-7-9(11)12;1-2-3-4-5-6-7-8(9)10/h4-8H2,1-3H3,(H,11,12);2-7H2,1H3,(H,9,10). The van der Waals surface area contributed by atoms with Crippen molar-refractivity contribution in [2.45, 2.75) is 98.3 Å². The van der Waals surface area contributed by atoms with Crippen molar-refractivity contribution in [1.29, 1.82) is 0 Å². The van der Waals surface area contributed by atoms with Gasteiger partial charge >= 0.3 is 11.9 Å². The molecule has 0 aliphatic heterocycles. The summed E-state index contributed by atoms with van der Waals surface area (Å²) >= 11 is 0. The van der Waals surface area contributed by atoms with Crippen LogP contribution in [0.2, 0.25) is 0 Å². The Labute approximate surface area is 136 Å². The van der Waals surface area contributed by atoms with Gasteiger partial charge in [-0.1, -0.05) is 66.2 Å². The molecule has 4 heteroatoms. The summed E-state index contributed by atoms with van der Waals surface area (Å²) < 4.78 is 0. The second-order valence-corrected chi connectivity index (χ2v) is 7.07. The highest BCUT2D eigenvalue weighted by molar-refractivity contribution is 5.66. The molecular weight excluding hydrogens is 280 g/mol. The summed E-state index contributed by atoms with van der Waals surface area (Å²) in [6, 6.07) is 0. The molecule has 0 atom stereocenters. The topological polar surface area (TPSA) is 74.6 Å². The molecule has 2 N–H and O–H groups in total. The van der Waals surface area contributed by atoms with Gasteiger partial charge in [0, 0.05) is 12.8 Å². The zero-order valence-corrected chi connectivity index (χ0v) is 15.0. The number of hydrogen-bond acceptors (Lipinski definition) is 2. The molecule has 0 fully saturated rings. The smallest absolute Gasteiger partial charge is 0.303 e. The normalized spacial score (nSPS) is 10.7. The van der Waals surface area contributed by atoms with E-state index in [-0.39, 0.29) is 0 Å². The average Bonchev–Trinajstić information content (AvgIpc) is 2.37. The summed E-state index contributed by atoms with van der Waals surface area (Å²) in [6.45, 7) is 8.79. The van der Waals surface area contributed by atoms with Crippen molar-refractivity contribution in [1.82, 2.24) is 0 Å². The van der Waals surface area contributed by atoms with E-state index < -0.39 is 11.9 Å². The molecule has 4 nitrogen and oxygen atoms in total. The summed E-state index contributed by atoms with van der Waals surface area (Å²) in [5.41, 5.74) is 0.392. The van der Waals surface area contributed by atoms with E-state index in [4.69, 9.17) is 10.2 Å². The second-order valence-electron chi connectivity index (χ2n) is 7.07. The van der Waals surface area contributed by atoms with Crippen molar-refractivity contribution in [3.05, 3.63) is 0 Å². The van der Waals surface area contributed by atoms with Crippen molar-refractivity contribution >= 4 is 11.9 Å². The van der Waals surface area contributed by atoms with Crippen LogP contribution in [0.5, 0.6) is 0 Å². The first kappa shape index (κ1) is 23.2. The summed E-state index contributed by atoms with van der Waals surface area (Å²) in [5, 5.41) is 16.6. The number of carbonyl (C=O) groups is 2. The third kappa shape index (κ3) is 27.3. The summed E-state index contributed by atoms with van der Waals surface area (Å²) in [6.07, 6.45) is 10.4. The Balaban J connectivity index is 0. The van der Waals surface area contributed by atoms with Crippen LogP contribution in [0, 0.1) is 5.41 Å². The number of rotatable bonds is 11. The van der Waals surface area contributed by atoms with Crippen LogP contribution in [-0.2, 0) is 9.59 Å². The molecule has 0 heterocycles. The van der Waals surface area contributed by atoms with Crippen molar-refractivity contribution < 1.29 is 19.8 Å². The molecule has 0 saturated carbocycles. The third-order valence-corrected chi connectivity index (χ3v) is 3.31. The quantitative estimate of drug-likeness (QED) is 0.494. The van der Waals surface area contributed by atoms with Gasteiger partial charge in [-0.25, -0.2) is 0 Å². The number of carboxylic acid groups (broad SMARTS) is 2. The van der Waals surface area contributed by atoms with Crippen molar-refractivity contribution in [2.24, 2.45) is 5.41 Å². The van der Waals surface area contributed by atoms with E-state index in [0.29, 0.717) is 18.3 Å². The van der Waals surface area contributed by atoms with E-state index in [9.17, 15) is 9.59 Å². The highest BCUT2D eigenvalue weighted by atomic mass is 16.4. The van der Waals surface area contributed by atoms with Gasteiger partial charge in [-0.15, -0.1) is 0 Å². The fourth-order valence-electron chi connectivity index (χ4n) is 1.99. The van der Waals surface area contributed by atoms with Crippen LogP contribution in [0.4, 0.5) is 0 Å². The molecular formula is C18H36O4. The van der Waals surface area contributed by atoms with E-state index in [0.717, 1.165) is 32.1 Å². The van der Waals surface area contributed by atoms with Crippen LogP contribution < -0.4 is 0 Å². The molecule has 0 aromatic heterocycles. The predicted molar refractivity (Wildman–Crippen MR) is 91.2 cm³/mol. The van der Waals surface area contributed by atoms with Crippen LogP contribution in [0.25, 0.3) is 0 Å². The zero-order chi connectivity index (χ0) is 17.4. The molecule has 132 valence electrons. The summed E-state index contributed by atoms with van der Waals surface area (Å²) in [4.78, 5) is 20.2. The fraction of sp³-hybridized carbons (Fsp3) is 0.889. The van der Waals surface area contributed by atoms with Crippen LogP contribution in [-0.4, -0.2) is 22.2 Å². The van der Waals surface area contributed by atoms with Gasteiger partial charge < -0.3 is 10.2 Å². The van der Waals surface area contributed by atoms with E-state index in [1.54, 1.807) is 0 Å². The maximum atomic E-state index is 10.2. The molecule has 22 heavy (non-hydrogen) atoms. The summed E-state index contributed by atoms with van der Waals surface area (Å²) in [5.74, 6) is -1.35. The second kappa shape index (κ2) is 14.9. The molecule has 0 saturated heterocycles. The van der Waals surface area contributed by atoms with Crippen LogP contribution in [0.1, 0.15) is 98.3 Å². The monoisotopic (exact) mass is 316 g/mol. The lowest BCUT2D eigenvalue weighted by atomic mass is 9.89. The Morgan fingerprint density at radius 2 is 1.14 bits per heavy atom. The lowest BCUT2D eigenvalue weighted by Crippen LogP contribution is -2.04. The van der Waals surface area contributed by atoms with E-state index in [1.807, 2.05) is 0 Å². The van der Waals surface area contributed by atoms with Gasteiger partial charge in [-0.2, -0.15) is 0 Å². The first-order valence-electron chi connectivity index (χ1n) is 8.62. The van der Waals surface area contributed by atoms with Gasteiger partial charge in [-0.3, -0.25) is 9.59 Å². The number of aliphatic carboxylic acids is 2. The molecule has 0 bridgehead atoms. The van der Waals surface area contributed by atoms with Crippen LogP contribution >= 0.6 is 0 Å². The van der Waals surface area contributed by atoms with Gasteiger partial charge in [0.25, 0.3) is 0 Å². The van der Waals surface area contributed by atoms with Gasteiger partial charge in [-0.05, 0) is 24.7 Å². The highest BCUT2D eigenvalue weighted by Crippen LogP contribution is 2.22. The molecule has 0 spiro atoms. The number of carboxylic acids is 2. The SMILES string of the molecule is CC(C)(C)CCCCCC(=O)O.CCCCCCCC(=O)O. The van der Waals surface area contributed by atoms with Crippen molar-refractivity contribution in [3.63, 3.8) is 0 Å². The molecule has 0 radical (unpaired) electrons. The minimum absolute atomic E-state index is 0.324. The predicted octanol–water partition coefficient (Wildman–Crippen LogP) is 5.50. The first-order valence-corrected chi connectivity index (χ1v) is 8.62. The molecule has 0 aromatic carbocycles. The molecule has 0 amide bonds. The molecule has 0 aliphatic carbocycles. The Hall–Kier alpha value is -1.06. The van der Waals surface area contributed by atoms with Crippen LogP contribution in [0.3, 0.4) is 0 Å². The minimum Gasteiger partial charge on any atom is -0.481 e. The highest BCUT2D eigenvalue weighted by Gasteiger charge is 2.08. The van der Waals surface area contributed by atoms with E-state index in [1.165, 1.54) is 25.7 Å². The molecule has 0 aromatic rings. The van der Waals surface area contributed by atoms with Gasteiger partial charge in [0.15, 0.2) is 0 Å². The number of hydrogen-bond donors (Lipinski definition) is 2. The van der Waals surface area contributed by atoms with E-state index >= 15 is 0 Å². The zero-order valence-electron chi connectivity index (χ0n) is 15.0. The van der Waals surface area contributed by atoms with Crippen LogP contribution in [0.15, 0.2) is 0 Å². The maximum absolute atomic E-state index is 10.2. The molecule has 0 unspecified atom stereocenters. The van der Waals surface area contributed by atoms with Gasteiger partial charge in [0.05, 0.1) is 0 Å². The van der Waals surface area contributed by atoms with E-state index in [2.05, 4.69) is 27.7 Å². The lowest BCUT2D eigenvalue weighted by molar-refractivity contribution is -0.138. The largest absolute Gasteiger partial charge is 0.481 e. The Bertz CT molecular complexity index is 279. The Morgan fingerprint density at radius 1 is 0.727 bits per heavy atom. The molecule has 0 aliphatic rings. The van der Waals surface area contributed by atoms with Gasteiger partial charge in [0.1, 0.15) is 0 Å². The third-order valence-electron chi connectivity index (χ3n) is 3.31. The molecule has 0 rings (SSSR count). The Kier molecular flexibility index (Phi) is 15.7. The Morgan fingerprint density at radius 3 is 1.50 bits per heavy atom. The van der Waals surface area contributed by atoms with Gasteiger partial charge in [0.2, 0.25) is 0 Å². The fourth-order valence-corrected chi connectivity index (χ4v) is 1.99. The minimum atomic E-state index is -0.675. The average molecular weight is 316 g/mol. The van der Waals surface area contributed by atoms with Crippen molar-refractivity contribution in [2.75, 3.05) is 0 Å². The number of unbranched alkanes of at least 4 members (excludes halogenated alkanes) is 6. The first-order chi connectivity index (χ1) is 10.2. The summed E-state index contributed by atoms with van der Waals surface area (Å²) in [7, 11) is 0. The maximum Gasteiger partial charge on any atom is 0.303 e. The lowest BCUT2D eigenvalue weighted by Gasteiger charge is -2.17. The van der Waals surface area contributed by atoms with Crippen molar-refractivity contribution in [3.8, 4) is 0 Å².